The lowest BCUT2D eigenvalue weighted by Crippen LogP contribution is -2.18. The Morgan fingerprint density at radius 2 is 1.59 bits per heavy atom. The standard InChI is InChI=1S/C19H19N3/c1-20-19(18-5-3-11-22-14-18)12-15-6-8-16(9-7-15)17-4-2-10-21-13-17/h2-11,13-14,19-20H,12H2,1H3. The molecule has 3 rings (SSSR count). The molecule has 0 aliphatic rings. The van der Waals surface area contributed by atoms with Gasteiger partial charge >= 0.3 is 0 Å². The van der Waals surface area contributed by atoms with E-state index in [1.165, 1.54) is 16.7 Å². The molecule has 0 aliphatic heterocycles. The zero-order valence-electron chi connectivity index (χ0n) is 12.6. The zero-order chi connectivity index (χ0) is 15.2. The van der Waals surface area contributed by atoms with Crippen molar-refractivity contribution in [1.82, 2.24) is 15.3 Å². The topological polar surface area (TPSA) is 37.8 Å². The monoisotopic (exact) mass is 289 g/mol. The summed E-state index contributed by atoms with van der Waals surface area (Å²) in [7, 11) is 1.99. The van der Waals surface area contributed by atoms with Gasteiger partial charge in [-0.1, -0.05) is 36.4 Å². The van der Waals surface area contributed by atoms with Gasteiger partial charge in [0.05, 0.1) is 0 Å². The Morgan fingerprint density at radius 1 is 0.864 bits per heavy atom. The van der Waals surface area contributed by atoms with E-state index in [9.17, 15) is 0 Å². The quantitative estimate of drug-likeness (QED) is 0.779. The summed E-state index contributed by atoms with van der Waals surface area (Å²) >= 11 is 0. The molecule has 1 N–H and O–H groups in total. The van der Waals surface area contributed by atoms with E-state index in [1.807, 2.05) is 31.6 Å². The lowest BCUT2D eigenvalue weighted by atomic mass is 9.98. The van der Waals surface area contributed by atoms with Gasteiger partial charge in [-0.05, 0) is 47.9 Å². The Hall–Kier alpha value is -2.52. The number of nitrogens with one attached hydrogen (secondary N) is 1. The lowest BCUT2D eigenvalue weighted by Gasteiger charge is -2.16. The Labute approximate surface area is 131 Å². The van der Waals surface area contributed by atoms with E-state index >= 15 is 0 Å². The number of likely N-dealkylation sites (N-methyl/N-ethyl adjacent to an activating group) is 1. The fourth-order valence-corrected chi connectivity index (χ4v) is 2.57. The summed E-state index contributed by atoms with van der Waals surface area (Å²) < 4.78 is 0. The highest BCUT2D eigenvalue weighted by Gasteiger charge is 2.10. The summed E-state index contributed by atoms with van der Waals surface area (Å²) in [6.45, 7) is 0. The normalized spacial score (nSPS) is 12.0. The first-order chi connectivity index (χ1) is 10.9. The molecule has 0 bridgehead atoms. The highest BCUT2D eigenvalue weighted by Crippen LogP contribution is 2.21. The lowest BCUT2D eigenvalue weighted by molar-refractivity contribution is 0.590. The van der Waals surface area contributed by atoms with Crippen LogP contribution in [0.3, 0.4) is 0 Å². The molecule has 0 spiro atoms. The summed E-state index contributed by atoms with van der Waals surface area (Å²) in [5.74, 6) is 0. The molecule has 1 aromatic carbocycles. The molecule has 1 atom stereocenters. The molecule has 0 aliphatic carbocycles. The summed E-state index contributed by atoms with van der Waals surface area (Å²) in [6.07, 6.45) is 8.35. The SMILES string of the molecule is CNC(Cc1ccc(-c2cccnc2)cc1)c1cccnc1. The van der Waals surface area contributed by atoms with Crippen LogP contribution in [0.25, 0.3) is 11.1 Å². The van der Waals surface area contributed by atoms with Crippen LogP contribution >= 0.6 is 0 Å². The second-order valence-corrected chi connectivity index (χ2v) is 5.27. The van der Waals surface area contributed by atoms with Crippen LogP contribution in [0, 0.1) is 0 Å². The summed E-state index contributed by atoms with van der Waals surface area (Å²) in [6, 6.07) is 17.1. The molecule has 0 fully saturated rings. The minimum Gasteiger partial charge on any atom is -0.313 e. The van der Waals surface area contributed by atoms with Crippen molar-refractivity contribution < 1.29 is 0 Å². The van der Waals surface area contributed by atoms with Crippen molar-refractivity contribution in [3.05, 3.63) is 84.4 Å². The van der Waals surface area contributed by atoms with E-state index in [4.69, 9.17) is 0 Å². The van der Waals surface area contributed by atoms with Gasteiger partial charge in [0.15, 0.2) is 0 Å². The highest BCUT2D eigenvalue weighted by molar-refractivity contribution is 5.62. The molecule has 3 heteroatoms. The minimum atomic E-state index is 0.276. The maximum atomic E-state index is 4.20. The Bertz CT molecular complexity index is 694. The fourth-order valence-electron chi connectivity index (χ4n) is 2.57. The van der Waals surface area contributed by atoms with E-state index in [1.54, 1.807) is 12.4 Å². The summed E-state index contributed by atoms with van der Waals surface area (Å²) in [5.41, 5.74) is 4.85. The van der Waals surface area contributed by atoms with Crippen LogP contribution in [-0.4, -0.2) is 17.0 Å². The first kappa shape index (κ1) is 14.4. The van der Waals surface area contributed by atoms with Crippen molar-refractivity contribution in [2.24, 2.45) is 0 Å². The second kappa shape index (κ2) is 6.96. The van der Waals surface area contributed by atoms with E-state index in [0.29, 0.717) is 0 Å². The third-order valence-electron chi connectivity index (χ3n) is 3.82. The maximum absolute atomic E-state index is 4.20. The van der Waals surface area contributed by atoms with Crippen LogP contribution < -0.4 is 5.32 Å². The average Bonchev–Trinajstić information content (AvgIpc) is 2.62. The first-order valence-electron chi connectivity index (χ1n) is 7.43. The number of benzene rings is 1. The van der Waals surface area contributed by atoms with Gasteiger partial charge in [-0.2, -0.15) is 0 Å². The van der Waals surface area contributed by atoms with Crippen LogP contribution in [0.15, 0.2) is 73.3 Å². The van der Waals surface area contributed by atoms with Gasteiger partial charge in [-0.25, -0.2) is 0 Å². The summed E-state index contributed by atoms with van der Waals surface area (Å²) in [5, 5.41) is 3.36. The molecule has 0 saturated carbocycles. The highest BCUT2D eigenvalue weighted by atomic mass is 14.9. The third-order valence-corrected chi connectivity index (χ3v) is 3.82. The van der Waals surface area contributed by atoms with Crippen LogP contribution in [0.1, 0.15) is 17.2 Å². The second-order valence-electron chi connectivity index (χ2n) is 5.27. The van der Waals surface area contributed by atoms with Crippen molar-refractivity contribution >= 4 is 0 Å². The molecule has 0 amide bonds. The molecule has 0 saturated heterocycles. The summed E-state index contributed by atoms with van der Waals surface area (Å²) in [4.78, 5) is 8.37. The van der Waals surface area contributed by atoms with Gasteiger partial charge in [0, 0.05) is 30.8 Å². The number of hydrogen-bond acceptors (Lipinski definition) is 3. The van der Waals surface area contributed by atoms with Crippen LogP contribution in [0.4, 0.5) is 0 Å². The third kappa shape index (κ3) is 3.38. The smallest absolute Gasteiger partial charge is 0.0373 e. The van der Waals surface area contributed by atoms with Crippen molar-refractivity contribution in [3.8, 4) is 11.1 Å². The Morgan fingerprint density at radius 3 is 2.18 bits per heavy atom. The van der Waals surface area contributed by atoms with Crippen LogP contribution in [0.5, 0.6) is 0 Å². The Kier molecular flexibility index (Phi) is 4.56. The van der Waals surface area contributed by atoms with Gasteiger partial charge < -0.3 is 5.32 Å². The average molecular weight is 289 g/mol. The van der Waals surface area contributed by atoms with E-state index in [-0.39, 0.29) is 6.04 Å². The van der Waals surface area contributed by atoms with Crippen molar-refractivity contribution in [1.29, 1.82) is 0 Å². The molecule has 2 heterocycles. The fraction of sp³-hybridized carbons (Fsp3) is 0.158. The number of hydrogen-bond donors (Lipinski definition) is 1. The van der Waals surface area contributed by atoms with Crippen LogP contribution in [0.2, 0.25) is 0 Å². The van der Waals surface area contributed by atoms with Gasteiger partial charge in [0.1, 0.15) is 0 Å². The van der Waals surface area contributed by atoms with Gasteiger partial charge in [-0.15, -0.1) is 0 Å². The van der Waals surface area contributed by atoms with Crippen molar-refractivity contribution in [3.63, 3.8) is 0 Å². The molecule has 0 radical (unpaired) electrons. The van der Waals surface area contributed by atoms with Crippen molar-refractivity contribution in [2.75, 3.05) is 7.05 Å². The largest absolute Gasteiger partial charge is 0.313 e. The van der Waals surface area contributed by atoms with E-state index < -0.39 is 0 Å². The Balaban J connectivity index is 1.76. The number of rotatable bonds is 5. The maximum Gasteiger partial charge on any atom is 0.0373 e. The molecule has 22 heavy (non-hydrogen) atoms. The van der Waals surface area contributed by atoms with Crippen LogP contribution in [-0.2, 0) is 6.42 Å². The molecule has 3 nitrogen and oxygen atoms in total. The van der Waals surface area contributed by atoms with Gasteiger partial charge in [0.25, 0.3) is 0 Å². The molecule has 1 unspecified atom stereocenters. The van der Waals surface area contributed by atoms with E-state index in [0.717, 1.165) is 12.0 Å². The minimum absolute atomic E-state index is 0.276. The zero-order valence-corrected chi connectivity index (χ0v) is 12.6. The molecule has 2 aromatic heterocycles. The predicted molar refractivity (Wildman–Crippen MR) is 89.4 cm³/mol. The number of aromatic nitrogens is 2. The molecule has 3 aromatic rings. The first-order valence-corrected chi connectivity index (χ1v) is 7.43. The van der Waals surface area contributed by atoms with Gasteiger partial charge in [0.2, 0.25) is 0 Å². The van der Waals surface area contributed by atoms with E-state index in [2.05, 4.69) is 51.7 Å². The number of pyridine rings is 2. The van der Waals surface area contributed by atoms with Crippen molar-refractivity contribution in [2.45, 2.75) is 12.5 Å². The molecular weight excluding hydrogens is 270 g/mol. The predicted octanol–water partition coefficient (Wildman–Crippen LogP) is 3.65. The van der Waals surface area contributed by atoms with Gasteiger partial charge in [-0.3, -0.25) is 9.97 Å². The molecular formula is C19H19N3. The molecule has 110 valence electrons. The number of nitrogens with zero attached hydrogens (tertiary/aromatic N) is 2.